The van der Waals surface area contributed by atoms with Gasteiger partial charge in [-0.2, -0.15) is 0 Å². The molecule has 9 nitrogen and oxygen atoms in total. The summed E-state index contributed by atoms with van der Waals surface area (Å²) in [5.41, 5.74) is 1.16. The number of carbonyl (C=O) groups is 3. The Labute approximate surface area is 223 Å². The number of anilines is 1. The molecule has 0 saturated carbocycles. The minimum Gasteiger partial charge on any atom is -0.484 e. The fourth-order valence-electron chi connectivity index (χ4n) is 4.02. The summed E-state index contributed by atoms with van der Waals surface area (Å²) in [4.78, 5) is 41.9. The van der Waals surface area contributed by atoms with Crippen molar-refractivity contribution in [3.8, 4) is 5.75 Å². The van der Waals surface area contributed by atoms with Crippen LogP contribution in [0.3, 0.4) is 0 Å². The molecular formula is C26H24BrN3O6S. The highest BCUT2D eigenvalue weighted by Crippen LogP contribution is 2.27. The van der Waals surface area contributed by atoms with Crippen molar-refractivity contribution in [2.75, 3.05) is 18.1 Å². The second-order valence-electron chi connectivity index (χ2n) is 8.39. The van der Waals surface area contributed by atoms with Gasteiger partial charge in [0.25, 0.3) is 11.8 Å². The van der Waals surface area contributed by atoms with Gasteiger partial charge in [0.1, 0.15) is 11.8 Å². The van der Waals surface area contributed by atoms with Crippen molar-refractivity contribution >= 4 is 49.4 Å². The standard InChI is InChI=1S/C26H24BrN3O6S/c27-19-8-10-20(11-9-19)30-24(31)16-23(26(30)33)29(25(32)17-36-21-4-2-1-3-5-21)15-14-18-6-12-22(13-7-18)37(28,34)35/h1-13,23H,14-17H2,(H2,28,34,35). The van der Waals surface area contributed by atoms with Crippen molar-refractivity contribution in [3.63, 3.8) is 0 Å². The molecule has 1 fully saturated rings. The number of halogens is 1. The van der Waals surface area contributed by atoms with Crippen molar-refractivity contribution in [3.05, 3.63) is 88.9 Å². The van der Waals surface area contributed by atoms with Crippen LogP contribution < -0.4 is 14.8 Å². The Hall–Kier alpha value is -3.54. The van der Waals surface area contributed by atoms with E-state index in [1.165, 1.54) is 17.0 Å². The van der Waals surface area contributed by atoms with E-state index in [0.29, 0.717) is 17.9 Å². The first-order chi connectivity index (χ1) is 17.6. The first-order valence-corrected chi connectivity index (χ1v) is 13.7. The molecule has 0 aromatic heterocycles. The topological polar surface area (TPSA) is 127 Å². The highest BCUT2D eigenvalue weighted by atomic mass is 79.9. The molecule has 0 radical (unpaired) electrons. The maximum Gasteiger partial charge on any atom is 0.261 e. The smallest absolute Gasteiger partial charge is 0.261 e. The zero-order valence-electron chi connectivity index (χ0n) is 19.6. The van der Waals surface area contributed by atoms with E-state index in [1.807, 2.05) is 6.07 Å². The van der Waals surface area contributed by atoms with Crippen molar-refractivity contribution in [1.82, 2.24) is 4.90 Å². The molecule has 1 saturated heterocycles. The molecule has 1 atom stereocenters. The van der Waals surface area contributed by atoms with Gasteiger partial charge < -0.3 is 9.64 Å². The van der Waals surface area contributed by atoms with Crippen LogP contribution >= 0.6 is 15.9 Å². The van der Waals surface area contributed by atoms with Crippen LogP contribution in [0.1, 0.15) is 12.0 Å². The summed E-state index contributed by atoms with van der Waals surface area (Å²) in [5.74, 6) is -0.852. The molecule has 1 aliphatic rings. The summed E-state index contributed by atoms with van der Waals surface area (Å²) < 4.78 is 29.5. The van der Waals surface area contributed by atoms with Crippen LogP contribution in [0.15, 0.2) is 88.2 Å². The number of nitrogens with zero attached hydrogens (tertiary/aromatic N) is 2. The number of rotatable bonds is 9. The maximum atomic E-state index is 13.4. The van der Waals surface area contributed by atoms with E-state index in [9.17, 15) is 22.8 Å². The summed E-state index contributed by atoms with van der Waals surface area (Å²) in [6.07, 6.45) is 0.161. The Bertz CT molecular complexity index is 1400. The minimum absolute atomic E-state index is 0.0258. The van der Waals surface area contributed by atoms with Crippen LogP contribution in [-0.4, -0.2) is 50.2 Å². The zero-order chi connectivity index (χ0) is 26.6. The molecule has 1 heterocycles. The lowest BCUT2D eigenvalue weighted by Crippen LogP contribution is -2.48. The molecule has 0 spiro atoms. The van der Waals surface area contributed by atoms with E-state index in [2.05, 4.69) is 15.9 Å². The molecule has 192 valence electrons. The normalized spacial score (nSPS) is 15.6. The quantitative estimate of drug-likeness (QED) is 0.385. The van der Waals surface area contributed by atoms with Crippen molar-refractivity contribution in [1.29, 1.82) is 0 Å². The highest BCUT2D eigenvalue weighted by molar-refractivity contribution is 9.10. The van der Waals surface area contributed by atoms with Gasteiger partial charge in [0.05, 0.1) is 17.0 Å². The molecule has 3 amide bonds. The Morgan fingerprint density at radius 3 is 2.27 bits per heavy atom. The van der Waals surface area contributed by atoms with Crippen LogP contribution in [0.5, 0.6) is 5.75 Å². The van der Waals surface area contributed by atoms with Crippen LogP contribution in [0.25, 0.3) is 0 Å². The van der Waals surface area contributed by atoms with Gasteiger partial charge >= 0.3 is 0 Å². The third kappa shape index (κ3) is 6.43. The average Bonchev–Trinajstić information content (AvgIpc) is 3.17. The Kier molecular flexibility index (Phi) is 8.06. The largest absolute Gasteiger partial charge is 0.484 e. The molecule has 0 bridgehead atoms. The SMILES string of the molecule is NS(=O)(=O)c1ccc(CCN(C(=O)COc2ccccc2)C2CC(=O)N(c3ccc(Br)cc3)C2=O)cc1. The lowest BCUT2D eigenvalue weighted by molar-refractivity contribution is -0.140. The number of hydrogen-bond acceptors (Lipinski definition) is 6. The lowest BCUT2D eigenvalue weighted by atomic mass is 10.1. The van der Waals surface area contributed by atoms with E-state index in [0.717, 1.165) is 14.9 Å². The summed E-state index contributed by atoms with van der Waals surface area (Å²) in [5, 5.41) is 5.16. The van der Waals surface area contributed by atoms with Gasteiger partial charge in [0, 0.05) is 11.0 Å². The summed E-state index contributed by atoms with van der Waals surface area (Å²) in [6.45, 7) is -0.200. The van der Waals surface area contributed by atoms with Gasteiger partial charge in [-0.15, -0.1) is 0 Å². The van der Waals surface area contributed by atoms with E-state index in [-0.39, 0.29) is 24.5 Å². The Balaban J connectivity index is 1.54. The van der Waals surface area contributed by atoms with Gasteiger partial charge in [0.2, 0.25) is 15.9 Å². The molecule has 11 heteroatoms. The molecular weight excluding hydrogens is 562 g/mol. The molecule has 4 rings (SSSR count). The van der Waals surface area contributed by atoms with Crippen molar-refractivity contribution in [2.45, 2.75) is 23.8 Å². The number of imide groups is 1. The number of sulfonamides is 1. The molecule has 1 aliphatic heterocycles. The average molecular weight is 586 g/mol. The predicted octanol–water partition coefficient (Wildman–Crippen LogP) is 2.88. The molecule has 3 aromatic rings. The fourth-order valence-corrected chi connectivity index (χ4v) is 4.80. The Morgan fingerprint density at radius 1 is 1.00 bits per heavy atom. The van der Waals surface area contributed by atoms with Crippen LogP contribution in [-0.2, 0) is 30.8 Å². The maximum absolute atomic E-state index is 13.4. The van der Waals surface area contributed by atoms with Gasteiger partial charge in [-0.05, 0) is 60.5 Å². The van der Waals surface area contributed by atoms with E-state index < -0.39 is 33.8 Å². The molecule has 37 heavy (non-hydrogen) atoms. The predicted molar refractivity (Wildman–Crippen MR) is 140 cm³/mol. The zero-order valence-corrected chi connectivity index (χ0v) is 22.0. The number of hydrogen-bond donors (Lipinski definition) is 1. The third-order valence-corrected chi connectivity index (χ3v) is 7.36. The number of carbonyl (C=O) groups excluding carboxylic acids is 3. The van der Waals surface area contributed by atoms with Gasteiger partial charge in [0.15, 0.2) is 6.61 Å². The second kappa shape index (κ2) is 11.2. The summed E-state index contributed by atoms with van der Waals surface area (Å²) in [7, 11) is -3.83. The van der Waals surface area contributed by atoms with E-state index in [4.69, 9.17) is 9.88 Å². The number of ether oxygens (including phenoxy) is 1. The number of primary sulfonamides is 1. The first kappa shape index (κ1) is 26.5. The molecule has 0 aliphatic carbocycles. The fraction of sp³-hybridized carbons (Fsp3) is 0.192. The minimum atomic E-state index is -3.83. The molecule has 2 N–H and O–H groups in total. The number of amides is 3. The van der Waals surface area contributed by atoms with Gasteiger partial charge in [-0.3, -0.25) is 14.4 Å². The highest BCUT2D eigenvalue weighted by Gasteiger charge is 2.44. The Morgan fingerprint density at radius 2 is 1.65 bits per heavy atom. The first-order valence-electron chi connectivity index (χ1n) is 11.3. The second-order valence-corrected chi connectivity index (χ2v) is 10.9. The van der Waals surface area contributed by atoms with E-state index in [1.54, 1.807) is 60.7 Å². The third-order valence-electron chi connectivity index (χ3n) is 5.90. The van der Waals surface area contributed by atoms with E-state index >= 15 is 0 Å². The van der Waals surface area contributed by atoms with Gasteiger partial charge in [-0.25, -0.2) is 18.5 Å². The van der Waals surface area contributed by atoms with Gasteiger partial charge in [-0.1, -0.05) is 46.3 Å². The van der Waals surface area contributed by atoms with Crippen LogP contribution in [0.2, 0.25) is 0 Å². The molecule has 1 unspecified atom stereocenters. The lowest BCUT2D eigenvalue weighted by Gasteiger charge is -2.28. The number of benzene rings is 3. The molecule has 3 aromatic carbocycles. The summed E-state index contributed by atoms with van der Waals surface area (Å²) >= 11 is 3.34. The van der Waals surface area contributed by atoms with Crippen molar-refractivity contribution in [2.24, 2.45) is 5.14 Å². The van der Waals surface area contributed by atoms with Crippen LogP contribution in [0, 0.1) is 0 Å². The monoisotopic (exact) mass is 585 g/mol. The van der Waals surface area contributed by atoms with Crippen molar-refractivity contribution < 1.29 is 27.5 Å². The number of para-hydroxylation sites is 1. The van der Waals surface area contributed by atoms with Crippen LogP contribution in [0.4, 0.5) is 5.69 Å². The number of nitrogens with two attached hydrogens (primary N) is 1. The summed E-state index contributed by atoms with van der Waals surface area (Å²) in [6, 6.07) is 20.5.